The van der Waals surface area contributed by atoms with Gasteiger partial charge in [-0.25, -0.2) is 4.79 Å². The number of alkyl carbamates (subject to hydrolysis) is 1. The number of benzene rings is 1. The predicted molar refractivity (Wildman–Crippen MR) is 148 cm³/mol. The van der Waals surface area contributed by atoms with Crippen molar-refractivity contribution in [2.24, 2.45) is 17.3 Å². The summed E-state index contributed by atoms with van der Waals surface area (Å²) in [6, 6.07) is 6.41. The zero-order chi connectivity index (χ0) is 28.5. The maximum absolute atomic E-state index is 13.7. The molecule has 1 saturated carbocycles. The Morgan fingerprint density at radius 3 is 2.32 bits per heavy atom. The molecule has 3 N–H and O–H groups in total. The van der Waals surface area contributed by atoms with Gasteiger partial charge < -0.3 is 25.4 Å². The average Bonchev–Trinajstić information content (AvgIpc) is 3.26. The van der Waals surface area contributed by atoms with E-state index in [1.54, 1.807) is 17.0 Å². The third-order valence-electron chi connectivity index (χ3n) is 7.84. The molecule has 0 spiro atoms. The lowest BCUT2D eigenvalue weighted by atomic mass is 9.66. The smallest absolute Gasteiger partial charge is 0.407 e. The highest BCUT2D eigenvalue weighted by Gasteiger charge is 2.50. The fraction of sp³-hybridized carbons (Fsp3) is 0.690. The Labute approximate surface area is 231 Å². The lowest BCUT2D eigenvalue weighted by molar-refractivity contribution is -0.157. The highest BCUT2D eigenvalue weighted by atomic mass is 35.5. The molecular weight excluding hydrogens is 506 g/mol. The van der Waals surface area contributed by atoms with Gasteiger partial charge >= 0.3 is 6.09 Å². The highest BCUT2D eigenvalue weighted by molar-refractivity contribution is 6.30. The highest BCUT2D eigenvalue weighted by Crippen LogP contribution is 2.46. The van der Waals surface area contributed by atoms with E-state index in [4.69, 9.17) is 16.3 Å². The van der Waals surface area contributed by atoms with Crippen molar-refractivity contribution in [3.8, 4) is 0 Å². The van der Waals surface area contributed by atoms with Crippen LogP contribution in [0.4, 0.5) is 4.79 Å². The number of likely N-dealkylation sites (tertiary alicyclic amines) is 1. The van der Waals surface area contributed by atoms with Crippen LogP contribution in [-0.2, 0) is 19.9 Å². The minimum atomic E-state index is -1.11. The molecule has 9 heteroatoms. The summed E-state index contributed by atoms with van der Waals surface area (Å²) in [5, 5.41) is 18.1. The van der Waals surface area contributed by atoms with Crippen LogP contribution < -0.4 is 10.6 Å². The number of carbonyl (C=O) groups excluding carboxylic acids is 3. The Balaban J connectivity index is 1.62. The Bertz CT molecular complexity index is 1020. The lowest BCUT2D eigenvalue weighted by Gasteiger charge is -2.51. The van der Waals surface area contributed by atoms with Crippen molar-refractivity contribution >= 4 is 29.5 Å². The number of aliphatic hydroxyl groups is 1. The molecule has 4 atom stereocenters. The standard InChI is InChI=1S/C29H44ClN3O5/c1-18(2)23(32-24(34)19-8-13-22(16-19)31-26(36)38-27(3,4)5)25(35)33-15-14-29(37,28(6,7)17-33)20-9-11-21(30)12-10-20/h9-12,18-19,22-23,37H,8,13-17H2,1-7H3,(H,31,36)(H,32,34)/t19-,22+,23+,29-/m0/s1. The van der Waals surface area contributed by atoms with Gasteiger partial charge in [0.25, 0.3) is 0 Å². The van der Waals surface area contributed by atoms with Gasteiger partial charge in [0.2, 0.25) is 11.8 Å². The zero-order valence-corrected chi connectivity index (χ0v) is 24.5. The molecule has 2 aliphatic rings. The number of nitrogens with zero attached hydrogens (tertiary/aromatic N) is 1. The zero-order valence-electron chi connectivity index (χ0n) is 23.8. The molecule has 8 nitrogen and oxygen atoms in total. The van der Waals surface area contributed by atoms with Crippen molar-refractivity contribution < 1.29 is 24.2 Å². The van der Waals surface area contributed by atoms with Crippen LogP contribution in [0, 0.1) is 17.3 Å². The van der Waals surface area contributed by atoms with Gasteiger partial charge in [0.1, 0.15) is 11.6 Å². The normalized spacial score (nSPS) is 26.1. The molecule has 212 valence electrons. The fourth-order valence-corrected chi connectivity index (χ4v) is 5.70. The van der Waals surface area contributed by atoms with Gasteiger partial charge in [0.05, 0.1) is 5.60 Å². The summed E-state index contributed by atoms with van der Waals surface area (Å²) in [5.74, 6) is -0.694. The number of rotatable bonds is 6. The van der Waals surface area contributed by atoms with Crippen LogP contribution in [0.2, 0.25) is 5.02 Å². The summed E-state index contributed by atoms with van der Waals surface area (Å²) < 4.78 is 5.33. The molecular formula is C29H44ClN3O5. The number of nitrogens with one attached hydrogen (secondary N) is 2. The number of halogens is 1. The van der Waals surface area contributed by atoms with Gasteiger partial charge in [0.15, 0.2) is 0 Å². The first kappa shape index (κ1) is 30.2. The van der Waals surface area contributed by atoms with E-state index in [0.717, 1.165) is 5.56 Å². The van der Waals surface area contributed by atoms with Crippen molar-refractivity contribution in [2.45, 2.75) is 97.4 Å². The van der Waals surface area contributed by atoms with E-state index in [9.17, 15) is 19.5 Å². The minimum Gasteiger partial charge on any atom is -0.444 e. The molecule has 38 heavy (non-hydrogen) atoms. The third kappa shape index (κ3) is 7.00. The van der Waals surface area contributed by atoms with Crippen LogP contribution in [-0.4, -0.2) is 58.7 Å². The largest absolute Gasteiger partial charge is 0.444 e. The molecule has 0 aromatic heterocycles. The van der Waals surface area contributed by atoms with E-state index >= 15 is 0 Å². The average molecular weight is 550 g/mol. The second-order valence-corrected chi connectivity index (χ2v) is 13.3. The van der Waals surface area contributed by atoms with E-state index in [1.165, 1.54) is 0 Å². The van der Waals surface area contributed by atoms with E-state index < -0.39 is 28.8 Å². The summed E-state index contributed by atoms with van der Waals surface area (Å²) in [7, 11) is 0. The molecule has 2 fully saturated rings. The van der Waals surface area contributed by atoms with E-state index in [1.807, 2.05) is 60.6 Å². The number of piperidine rings is 1. The predicted octanol–water partition coefficient (Wildman–Crippen LogP) is 4.62. The van der Waals surface area contributed by atoms with Gasteiger partial charge in [-0.05, 0) is 70.1 Å². The Hall–Kier alpha value is -2.32. The molecule has 1 heterocycles. The molecule has 0 unspecified atom stereocenters. The lowest BCUT2D eigenvalue weighted by Crippen LogP contribution is -2.60. The van der Waals surface area contributed by atoms with Gasteiger partial charge in [-0.1, -0.05) is 51.4 Å². The van der Waals surface area contributed by atoms with Gasteiger partial charge in [0, 0.05) is 35.5 Å². The van der Waals surface area contributed by atoms with Crippen molar-refractivity contribution in [3.63, 3.8) is 0 Å². The number of ether oxygens (including phenoxy) is 1. The van der Waals surface area contributed by atoms with Gasteiger partial charge in [-0.15, -0.1) is 0 Å². The third-order valence-corrected chi connectivity index (χ3v) is 8.09. The van der Waals surface area contributed by atoms with Crippen LogP contribution in [0.3, 0.4) is 0 Å². The second kappa shape index (κ2) is 11.4. The molecule has 3 amide bonds. The summed E-state index contributed by atoms with van der Waals surface area (Å²) in [6.45, 7) is 13.9. The number of carbonyl (C=O) groups is 3. The monoisotopic (exact) mass is 549 g/mol. The van der Waals surface area contributed by atoms with Gasteiger partial charge in [-0.2, -0.15) is 0 Å². The van der Waals surface area contributed by atoms with Crippen LogP contribution in [0.15, 0.2) is 24.3 Å². The maximum Gasteiger partial charge on any atom is 0.407 e. The number of hydrogen-bond acceptors (Lipinski definition) is 5. The first-order valence-corrected chi connectivity index (χ1v) is 14.0. The molecule has 0 bridgehead atoms. The second-order valence-electron chi connectivity index (χ2n) is 12.8. The molecule has 0 radical (unpaired) electrons. The quantitative estimate of drug-likeness (QED) is 0.480. The number of amides is 3. The molecule has 1 aromatic rings. The van der Waals surface area contributed by atoms with E-state index in [2.05, 4.69) is 10.6 Å². The summed E-state index contributed by atoms with van der Waals surface area (Å²) >= 11 is 6.04. The van der Waals surface area contributed by atoms with Crippen LogP contribution >= 0.6 is 11.6 Å². The van der Waals surface area contributed by atoms with Crippen LogP contribution in [0.1, 0.15) is 79.7 Å². The Morgan fingerprint density at radius 2 is 1.76 bits per heavy atom. The Kier molecular flexibility index (Phi) is 9.09. The summed E-state index contributed by atoms with van der Waals surface area (Å²) in [4.78, 5) is 40.7. The fourth-order valence-electron chi connectivity index (χ4n) is 5.58. The van der Waals surface area contributed by atoms with Crippen molar-refractivity contribution in [2.75, 3.05) is 13.1 Å². The molecule has 1 aliphatic carbocycles. The Morgan fingerprint density at radius 1 is 1.13 bits per heavy atom. The summed E-state index contributed by atoms with van der Waals surface area (Å²) in [6.07, 6.45) is 1.73. The first-order valence-electron chi connectivity index (χ1n) is 13.6. The van der Waals surface area contributed by atoms with E-state index in [0.29, 0.717) is 43.8 Å². The molecule has 1 aliphatic heterocycles. The van der Waals surface area contributed by atoms with E-state index in [-0.39, 0.29) is 29.7 Å². The minimum absolute atomic E-state index is 0.108. The van der Waals surface area contributed by atoms with Crippen molar-refractivity contribution in [3.05, 3.63) is 34.9 Å². The SMILES string of the molecule is CC(C)[C@@H](NC(=O)[C@H]1CC[C@@H](NC(=O)OC(C)(C)C)C1)C(=O)N1CC[C@](O)(c2ccc(Cl)cc2)C(C)(C)C1. The topological polar surface area (TPSA) is 108 Å². The van der Waals surface area contributed by atoms with Crippen molar-refractivity contribution in [1.82, 2.24) is 15.5 Å². The number of hydrogen-bond donors (Lipinski definition) is 3. The molecule has 3 rings (SSSR count). The molecule has 1 aromatic carbocycles. The van der Waals surface area contributed by atoms with Gasteiger partial charge in [-0.3, -0.25) is 9.59 Å². The summed E-state index contributed by atoms with van der Waals surface area (Å²) in [5.41, 5.74) is -1.53. The van der Waals surface area contributed by atoms with Crippen LogP contribution in [0.25, 0.3) is 0 Å². The van der Waals surface area contributed by atoms with Crippen molar-refractivity contribution in [1.29, 1.82) is 0 Å². The molecule has 1 saturated heterocycles. The first-order chi connectivity index (χ1) is 17.5. The maximum atomic E-state index is 13.7. The van der Waals surface area contributed by atoms with Crippen LogP contribution in [0.5, 0.6) is 0 Å².